The Hall–Kier alpha value is -2.21. The van der Waals surface area contributed by atoms with E-state index in [4.69, 9.17) is 0 Å². The number of hydrogen-bond donors (Lipinski definition) is 2. The maximum absolute atomic E-state index is 13.5. The van der Waals surface area contributed by atoms with Crippen LogP contribution in [0.5, 0.6) is 0 Å². The zero-order chi connectivity index (χ0) is 16.4. The molecule has 1 fully saturated rings. The third kappa shape index (κ3) is 3.27. The van der Waals surface area contributed by atoms with Crippen LogP contribution in [-0.4, -0.2) is 45.3 Å². The average molecular weight is 317 g/mol. The van der Waals surface area contributed by atoms with Crippen molar-refractivity contribution in [2.45, 2.75) is 31.8 Å². The van der Waals surface area contributed by atoms with Crippen molar-refractivity contribution in [1.29, 1.82) is 0 Å². The van der Waals surface area contributed by atoms with Crippen LogP contribution < -0.4 is 0 Å². The molecule has 0 aliphatic carbocycles. The Morgan fingerprint density at radius 1 is 1.43 bits per heavy atom. The van der Waals surface area contributed by atoms with Gasteiger partial charge in [0.2, 0.25) is 0 Å². The normalized spacial score (nSPS) is 17.3. The lowest BCUT2D eigenvalue weighted by Gasteiger charge is -2.32. The number of amides is 1. The Balaban J connectivity index is 1.75. The second-order valence-electron chi connectivity index (χ2n) is 5.98. The van der Waals surface area contributed by atoms with Gasteiger partial charge in [-0.2, -0.15) is 5.10 Å². The summed E-state index contributed by atoms with van der Waals surface area (Å²) in [6.45, 7) is 2.71. The molecular formula is C17H20FN3O2. The van der Waals surface area contributed by atoms with Crippen molar-refractivity contribution in [2.24, 2.45) is 0 Å². The molecule has 1 aliphatic rings. The smallest absolute Gasteiger partial charge is 0.251 e. The van der Waals surface area contributed by atoms with Crippen LogP contribution in [0.25, 0.3) is 11.1 Å². The third-order valence-corrected chi connectivity index (χ3v) is 4.38. The summed E-state index contributed by atoms with van der Waals surface area (Å²) in [5.41, 5.74) is 2.70. The highest BCUT2D eigenvalue weighted by Crippen LogP contribution is 2.34. The van der Waals surface area contributed by atoms with E-state index in [9.17, 15) is 14.3 Å². The van der Waals surface area contributed by atoms with Gasteiger partial charge in [0.05, 0.1) is 6.20 Å². The Labute approximate surface area is 134 Å². The van der Waals surface area contributed by atoms with E-state index in [0.717, 1.165) is 29.7 Å². The summed E-state index contributed by atoms with van der Waals surface area (Å²) >= 11 is 0. The highest BCUT2D eigenvalue weighted by Gasteiger charge is 2.28. The molecule has 1 atom stereocenters. The monoisotopic (exact) mass is 317 g/mol. The van der Waals surface area contributed by atoms with Gasteiger partial charge in [0.15, 0.2) is 0 Å². The average Bonchev–Trinajstić information content (AvgIpc) is 3.04. The van der Waals surface area contributed by atoms with Crippen LogP contribution in [0.1, 0.15) is 31.4 Å². The summed E-state index contributed by atoms with van der Waals surface area (Å²) in [4.78, 5) is 13.5. The van der Waals surface area contributed by atoms with Gasteiger partial charge in [0.1, 0.15) is 11.9 Å². The first kappa shape index (κ1) is 15.7. The fourth-order valence-electron chi connectivity index (χ4n) is 3.15. The minimum Gasteiger partial charge on any atom is -0.384 e. The first-order chi connectivity index (χ1) is 11.1. The number of H-pyrrole nitrogens is 1. The molecule has 3 rings (SSSR count). The summed E-state index contributed by atoms with van der Waals surface area (Å²) in [7, 11) is 0. The van der Waals surface area contributed by atoms with Crippen LogP contribution in [0.2, 0.25) is 0 Å². The van der Waals surface area contributed by atoms with E-state index in [2.05, 4.69) is 10.2 Å². The number of carbonyl (C=O) groups excluding carboxylic acids is 1. The second-order valence-corrected chi connectivity index (χ2v) is 5.98. The van der Waals surface area contributed by atoms with Crippen molar-refractivity contribution in [3.8, 4) is 11.1 Å². The zero-order valence-electron chi connectivity index (χ0n) is 13.0. The molecule has 0 spiro atoms. The fourth-order valence-corrected chi connectivity index (χ4v) is 3.15. The third-order valence-electron chi connectivity index (χ3n) is 4.38. The number of aromatic amines is 1. The molecule has 0 bridgehead atoms. The summed E-state index contributed by atoms with van der Waals surface area (Å²) in [6, 6.07) is 6.47. The molecule has 2 N–H and O–H groups in total. The van der Waals surface area contributed by atoms with E-state index in [1.807, 2.05) is 6.07 Å². The molecule has 1 aromatic heterocycles. The van der Waals surface area contributed by atoms with Crippen LogP contribution in [0, 0.1) is 5.82 Å². The Bertz CT molecular complexity index is 691. The topological polar surface area (TPSA) is 69.2 Å². The molecule has 0 radical (unpaired) electrons. The number of nitrogens with zero attached hydrogens (tertiary/aromatic N) is 2. The van der Waals surface area contributed by atoms with Gasteiger partial charge in [-0.3, -0.25) is 9.89 Å². The number of rotatable bonds is 3. The number of hydrogen-bond acceptors (Lipinski definition) is 3. The number of piperidine rings is 1. The molecule has 1 saturated heterocycles. The second kappa shape index (κ2) is 6.50. The maximum atomic E-state index is 13.5. The van der Waals surface area contributed by atoms with Crippen molar-refractivity contribution >= 4 is 5.91 Å². The van der Waals surface area contributed by atoms with Crippen molar-refractivity contribution in [3.05, 3.63) is 42.0 Å². The maximum Gasteiger partial charge on any atom is 0.251 e. The van der Waals surface area contributed by atoms with E-state index in [0.29, 0.717) is 13.1 Å². The molecule has 0 saturated carbocycles. The lowest BCUT2D eigenvalue weighted by molar-refractivity contribution is -0.140. The standard InChI is InChI=1S/C17H20FN3O2/c1-11(22)17(23)21-7-5-12(6-8-21)16-15(10-19-20-16)13-3-2-4-14(18)9-13/h2-4,9-12,22H,5-8H2,1H3,(H,19,20)/t11-/m0/s1. The van der Waals surface area contributed by atoms with Crippen molar-refractivity contribution in [2.75, 3.05) is 13.1 Å². The fraction of sp³-hybridized carbons (Fsp3) is 0.412. The van der Waals surface area contributed by atoms with Crippen molar-refractivity contribution in [1.82, 2.24) is 15.1 Å². The minimum atomic E-state index is -0.957. The summed E-state index contributed by atoms with van der Waals surface area (Å²) in [5.74, 6) is -0.251. The van der Waals surface area contributed by atoms with Gasteiger partial charge < -0.3 is 10.0 Å². The minimum absolute atomic E-state index is 0.224. The van der Waals surface area contributed by atoms with E-state index >= 15 is 0 Å². The van der Waals surface area contributed by atoms with Crippen LogP contribution in [0.3, 0.4) is 0 Å². The number of aliphatic hydroxyl groups is 1. The van der Waals surface area contributed by atoms with Gasteiger partial charge in [-0.15, -0.1) is 0 Å². The molecule has 1 amide bonds. The predicted molar refractivity (Wildman–Crippen MR) is 84.2 cm³/mol. The van der Waals surface area contributed by atoms with Gasteiger partial charge in [-0.05, 0) is 37.5 Å². The highest BCUT2D eigenvalue weighted by molar-refractivity contribution is 5.80. The Morgan fingerprint density at radius 3 is 2.83 bits per heavy atom. The number of benzene rings is 1. The zero-order valence-corrected chi connectivity index (χ0v) is 13.0. The van der Waals surface area contributed by atoms with Crippen LogP contribution >= 0.6 is 0 Å². The first-order valence-electron chi connectivity index (χ1n) is 7.82. The molecule has 2 aromatic rings. The molecular weight excluding hydrogens is 297 g/mol. The summed E-state index contributed by atoms with van der Waals surface area (Å²) in [5, 5.41) is 16.6. The number of likely N-dealkylation sites (tertiary alicyclic amines) is 1. The Kier molecular flexibility index (Phi) is 4.43. The Morgan fingerprint density at radius 2 is 2.17 bits per heavy atom. The quantitative estimate of drug-likeness (QED) is 0.912. The number of aliphatic hydroxyl groups excluding tert-OH is 1. The largest absolute Gasteiger partial charge is 0.384 e. The predicted octanol–water partition coefficient (Wildman–Crippen LogP) is 2.30. The number of carbonyl (C=O) groups is 1. The van der Waals surface area contributed by atoms with E-state index in [1.54, 1.807) is 17.2 Å². The number of halogens is 1. The molecule has 0 unspecified atom stereocenters. The SMILES string of the molecule is C[C@H](O)C(=O)N1CCC(c2[nH]ncc2-c2cccc(F)c2)CC1. The molecule has 1 aromatic carbocycles. The van der Waals surface area contributed by atoms with Crippen LogP contribution in [-0.2, 0) is 4.79 Å². The van der Waals surface area contributed by atoms with Gasteiger partial charge in [-0.25, -0.2) is 4.39 Å². The van der Waals surface area contributed by atoms with E-state index in [-0.39, 0.29) is 17.6 Å². The van der Waals surface area contributed by atoms with Crippen molar-refractivity contribution < 1.29 is 14.3 Å². The first-order valence-corrected chi connectivity index (χ1v) is 7.82. The van der Waals surface area contributed by atoms with Gasteiger partial charge in [0, 0.05) is 30.3 Å². The molecule has 1 aliphatic heterocycles. The van der Waals surface area contributed by atoms with Gasteiger partial charge in [0.25, 0.3) is 5.91 Å². The van der Waals surface area contributed by atoms with Crippen molar-refractivity contribution in [3.63, 3.8) is 0 Å². The van der Waals surface area contributed by atoms with Crippen LogP contribution in [0.15, 0.2) is 30.5 Å². The summed E-state index contributed by atoms with van der Waals surface area (Å²) in [6.07, 6.45) is 2.35. The number of aromatic nitrogens is 2. The lowest BCUT2D eigenvalue weighted by Crippen LogP contribution is -2.42. The van der Waals surface area contributed by atoms with E-state index < -0.39 is 6.10 Å². The summed E-state index contributed by atoms with van der Waals surface area (Å²) < 4.78 is 13.5. The number of nitrogens with one attached hydrogen (secondary N) is 1. The lowest BCUT2D eigenvalue weighted by atomic mass is 9.89. The van der Waals surface area contributed by atoms with Gasteiger partial charge in [-0.1, -0.05) is 12.1 Å². The van der Waals surface area contributed by atoms with Crippen LogP contribution in [0.4, 0.5) is 4.39 Å². The molecule has 6 heteroatoms. The van der Waals surface area contributed by atoms with E-state index in [1.165, 1.54) is 19.1 Å². The highest BCUT2D eigenvalue weighted by atomic mass is 19.1. The van der Waals surface area contributed by atoms with Gasteiger partial charge >= 0.3 is 0 Å². The molecule has 2 heterocycles. The molecule has 5 nitrogen and oxygen atoms in total. The molecule has 122 valence electrons. The molecule has 23 heavy (non-hydrogen) atoms.